The predicted octanol–water partition coefficient (Wildman–Crippen LogP) is 3.92. The summed E-state index contributed by atoms with van der Waals surface area (Å²) >= 11 is 4.20. The summed E-state index contributed by atoms with van der Waals surface area (Å²) in [6.07, 6.45) is 4.18. The highest BCUT2D eigenvalue weighted by molar-refractivity contribution is 8.21. The number of hydrogen-bond donors (Lipinski definition) is 1. The van der Waals surface area contributed by atoms with Crippen molar-refractivity contribution in [3.05, 3.63) is 30.1 Å². The van der Waals surface area contributed by atoms with E-state index in [-0.39, 0.29) is 24.3 Å². The fourth-order valence-electron chi connectivity index (χ4n) is 4.58. The first-order chi connectivity index (χ1) is 12.6. The molecule has 1 saturated heterocycles. The molecule has 4 rings (SSSR count). The van der Waals surface area contributed by atoms with Crippen LogP contribution >= 0.6 is 23.5 Å². The molecule has 2 aliphatic carbocycles. The molecule has 0 unspecified atom stereocenters. The highest BCUT2D eigenvalue weighted by Gasteiger charge is 2.57. The number of carbonyl (C=O) groups excluding carboxylic acids is 2. The van der Waals surface area contributed by atoms with Crippen LogP contribution in [0.4, 0.5) is 10.1 Å². The smallest absolute Gasteiger partial charge is 0.309 e. The topological polar surface area (TPSA) is 55.4 Å². The van der Waals surface area contributed by atoms with Gasteiger partial charge in [0.2, 0.25) is 0 Å². The van der Waals surface area contributed by atoms with Crippen LogP contribution in [0.1, 0.15) is 25.7 Å². The normalized spacial score (nSPS) is 28.9. The van der Waals surface area contributed by atoms with Crippen molar-refractivity contribution in [3.63, 3.8) is 0 Å². The Morgan fingerprint density at radius 3 is 2.35 bits per heavy atom. The Morgan fingerprint density at radius 2 is 1.73 bits per heavy atom. The number of thioether (sulfide) groups is 2. The summed E-state index contributed by atoms with van der Waals surface area (Å²) in [4.78, 5) is 24.4. The average molecular weight is 396 g/mol. The Hall–Kier alpha value is -1.21. The molecule has 2 atom stereocenters. The number of halogens is 1. The molecule has 140 valence electrons. The van der Waals surface area contributed by atoms with Crippen LogP contribution in [0.15, 0.2) is 24.3 Å². The van der Waals surface area contributed by atoms with Crippen molar-refractivity contribution in [1.82, 2.24) is 0 Å². The quantitative estimate of drug-likeness (QED) is 0.783. The molecule has 7 heteroatoms. The molecule has 1 spiro atoms. The van der Waals surface area contributed by atoms with Crippen molar-refractivity contribution in [1.29, 1.82) is 0 Å². The zero-order valence-electron chi connectivity index (χ0n) is 14.4. The van der Waals surface area contributed by atoms with Crippen LogP contribution in [0.2, 0.25) is 0 Å². The van der Waals surface area contributed by atoms with Gasteiger partial charge in [0.25, 0.3) is 5.91 Å². The summed E-state index contributed by atoms with van der Waals surface area (Å²) in [6, 6.07) is 5.50. The van der Waals surface area contributed by atoms with E-state index in [9.17, 15) is 14.0 Å². The van der Waals surface area contributed by atoms with Crippen LogP contribution in [0.5, 0.6) is 0 Å². The molecule has 1 N–H and O–H groups in total. The zero-order valence-corrected chi connectivity index (χ0v) is 16.0. The first-order valence-corrected chi connectivity index (χ1v) is 11.0. The van der Waals surface area contributed by atoms with Gasteiger partial charge in [-0.2, -0.15) is 0 Å². The maximum Gasteiger partial charge on any atom is 0.309 e. The Balaban J connectivity index is 1.28. The number of hydrogen-bond acceptors (Lipinski definition) is 5. The lowest BCUT2D eigenvalue weighted by atomic mass is 9.80. The summed E-state index contributed by atoms with van der Waals surface area (Å²) < 4.78 is 18.5. The Morgan fingerprint density at radius 1 is 1.12 bits per heavy atom. The standard InChI is InChI=1S/C19H22FNO3S2/c20-15-3-5-16(6-4-15)21-17(22)11-24-18(23)12-9-13-1-2-14(10-12)19(13)25-7-8-26-19/h3-6,12-14H,1-2,7-11H2,(H,21,22)/t13-,14-/m1/s1. The maximum atomic E-state index is 12.9. The lowest BCUT2D eigenvalue weighted by molar-refractivity contribution is -0.153. The van der Waals surface area contributed by atoms with Crippen molar-refractivity contribution in [2.24, 2.45) is 17.8 Å². The zero-order chi connectivity index (χ0) is 18.1. The van der Waals surface area contributed by atoms with Crippen molar-refractivity contribution < 1.29 is 18.7 Å². The number of carbonyl (C=O) groups is 2. The summed E-state index contributed by atoms with van der Waals surface area (Å²) in [5, 5.41) is 2.61. The summed E-state index contributed by atoms with van der Waals surface area (Å²) in [7, 11) is 0. The van der Waals surface area contributed by atoms with E-state index >= 15 is 0 Å². The van der Waals surface area contributed by atoms with Crippen LogP contribution in [-0.4, -0.2) is 34.1 Å². The first-order valence-electron chi connectivity index (χ1n) is 9.07. The number of nitrogens with one attached hydrogen (secondary N) is 1. The van der Waals surface area contributed by atoms with E-state index in [2.05, 4.69) is 28.8 Å². The van der Waals surface area contributed by atoms with Crippen molar-refractivity contribution in [2.45, 2.75) is 29.8 Å². The van der Waals surface area contributed by atoms with Gasteiger partial charge in [0, 0.05) is 17.2 Å². The van der Waals surface area contributed by atoms with Gasteiger partial charge in [-0.15, -0.1) is 23.5 Å². The van der Waals surface area contributed by atoms with Gasteiger partial charge in [-0.25, -0.2) is 4.39 Å². The number of esters is 1. The van der Waals surface area contributed by atoms with Gasteiger partial charge >= 0.3 is 5.97 Å². The third-order valence-corrected chi connectivity index (χ3v) is 9.70. The SMILES string of the molecule is O=C(COC(=O)C1C[C@H]2CC[C@H](C1)C21SCCS1)Nc1ccc(F)cc1. The van der Waals surface area contributed by atoms with Crippen LogP contribution in [-0.2, 0) is 14.3 Å². The van der Waals surface area contributed by atoms with Crippen molar-refractivity contribution in [2.75, 3.05) is 23.4 Å². The summed E-state index contributed by atoms with van der Waals surface area (Å²) in [5.41, 5.74) is 0.486. The lowest BCUT2D eigenvalue weighted by Crippen LogP contribution is -2.40. The minimum atomic E-state index is -0.401. The molecule has 3 fully saturated rings. The van der Waals surface area contributed by atoms with Gasteiger partial charge in [0.1, 0.15) is 5.82 Å². The van der Waals surface area contributed by atoms with Crippen LogP contribution in [0.3, 0.4) is 0 Å². The molecule has 1 aliphatic heterocycles. The Labute approximate surface area is 161 Å². The van der Waals surface area contributed by atoms with Crippen LogP contribution in [0, 0.1) is 23.6 Å². The molecule has 0 aromatic heterocycles. The molecule has 4 nitrogen and oxygen atoms in total. The van der Waals surface area contributed by atoms with E-state index in [1.165, 1.54) is 48.6 Å². The highest BCUT2D eigenvalue weighted by atomic mass is 32.2. The van der Waals surface area contributed by atoms with E-state index < -0.39 is 5.91 Å². The molecule has 1 amide bonds. The number of rotatable bonds is 4. The van der Waals surface area contributed by atoms with Gasteiger partial charge in [-0.1, -0.05) is 0 Å². The van der Waals surface area contributed by atoms with Gasteiger partial charge in [-0.3, -0.25) is 9.59 Å². The molecular weight excluding hydrogens is 373 g/mol. The monoisotopic (exact) mass is 395 g/mol. The second-order valence-electron chi connectivity index (χ2n) is 7.22. The third-order valence-electron chi connectivity index (χ3n) is 5.69. The van der Waals surface area contributed by atoms with E-state index in [0.717, 1.165) is 12.8 Å². The molecule has 1 aromatic rings. The molecule has 0 radical (unpaired) electrons. The molecule has 26 heavy (non-hydrogen) atoms. The minimum Gasteiger partial charge on any atom is -0.455 e. The second kappa shape index (κ2) is 7.43. The predicted molar refractivity (Wildman–Crippen MR) is 103 cm³/mol. The van der Waals surface area contributed by atoms with E-state index in [0.29, 0.717) is 21.6 Å². The van der Waals surface area contributed by atoms with Gasteiger partial charge in [0.15, 0.2) is 6.61 Å². The van der Waals surface area contributed by atoms with E-state index in [4.69, 9.17) is 4.74 Å². The highest BCUT2D eigenvalue weighted by Crippen LogP contribution is 2.65. The van der Waals surface area contributed by atoms with Crippen LogP contribution in [0.25, 0.3) is 0 Å². The molecule has 1 heterocycles. The molecular formula is C19H22FNO3S2. The average Bonchev–Trinajstić information content (AvgIpc) is 3.17. The van der Waals surface area contributed by atoms with Gasteiger partial charge in [-0.05, 0) is 61.8 Å². The number of anilines is 1. The Kier molecular flexibility index (Phi) is 5.19. The molecule has 3 aliphatic rings. The molecule has 2 saturated carbocycles. The number of benzene rings is 1. The Bertz CT molecular complexity index is 675. The van der Waals surface area contributed by atoms with E-state index in [1.54, 1.807) is 0 Å². The third kappa shape index (κ3) is 3.48. The molecule has 2 bridgehead atoms. The van der Waals surface area contributed by atoms with Crippen molar-refractivity contribution >= 4 is 41.1 Å². The van der Waals surface area contributed by atoms with Gasteiger partial charge in [0.05, 0.1) is 10.00 Å². The lowest BCUT2D eigenvalue weighted by Gasteiger charge is -2.41. The number of amides is 1. The summed E-state index contributed by atoms with van der Waals surface area (Å²) in [5.74, 6) is 2.51. The van der Waals surface area contributed by atoms with Gasteiger partial charge < -0.3 is 10.1 Å². The molecule has 1 aromatic carbocycles. The fourth-order valence-corrected chi connectivity index (χ4v) is 8.52. The second-order valence-corrected chi connectivity index (χ2v) is 10.2. The fraction of sp³-hybridized carbons (Fsp3) is 0.579. The van der Waals surface area contributed by atoms with Crippen molar-refractivity contribution in [3.8, 4) is 0 Å². The van der Waals surface area contributed by atoms with Crippen LogP contribution < -0.4 is 5.32 Å². The first kappa shape index (κ1) is 18.2. The van der Waals surface area contributed by atoms with E-state index in [1.807, 2.05) is 0 Å². The largest absolute Gasteiger partial charge is 0.455 e. The maximum absolute atomic E-state index is 12.9. The number of ether oxygens (including phenoxy) is 1. The summed E-state index contributed by atoms with van der Waals surface area (Å²) in [6.45, 7) is -0.295. The minimum absolute atomic E-state index is 0.0847.